The zero-order chi connectivity index (χ0) is 48.0. The highest BCUT2D eigenvalue weighted by Crippen LogP contribution is 2.73. The first-order valence-electron chi connectivity index (χ1n) is 23.2. The van der Waals surface area contributed by atoms with Crippen molar-refractivity contribution in [2.75, 3.05) is 19.8 Å². The minimum Gasteiger partial charge on any atom is -0.432 e. The fraction of sp³-hybridized carbons (Fsp3) is 0.932. The highest BCUT2D eigenvalue weighted by atomic mass is 16.8. The summed E-state index contributed by atoms with van der Waals surface area (Å²) in [5, 5.41) is 138. The summed E-state index contributed by atoms with van der Waals surface area (Å²) in [5.74, 6) is -0.679. The first-order valence-corrected chi connectivity index (χ1v) is 23.2. The molecule has 4 aliphatic heterocycles. The first kappa shape index (κ1) is 50.8. The molecule has 8 aliphatic rings. The number of carbonyl (C=O) groups is 1. The van der Waals surface area contributed by atoms with Crippen LogP contribution in [0.3, 0.4) is 0 Å². The number of aliphatic hydroxyl groups is 13. The lowest BCUT2D eigenvalue weighted by molar-refractivity contribution is -0.391. The quantitative estimate of drug-likeness (QED) is 0.0532. The van der Waals surface area contributed by atoms with Crippen LogP contribution in [0.4, 0.5) is 0 Å². The summed E-state index contributed by atoms with van der Waals surface area (Å²) in [5.41, 5.74) is -2.00. The van der Waals surface area contributed by atoms with Gasteiger partial charge in [0.1, 0.15) is 91.6 Å². The third kappa shape index (κ3) is 8.30. The molecule has 8 fully saturated rings. The van der Waals surface area contributed by atoms with E-state index in [1.807, 2.05) is 6.92 Å². The number of esters is 1. The summed E-state index contributed by atoms with van der Waals surface area (Å²) in [6.07, 6.45) is -27.1. The standard InChI is InChI=1S/C44H70O22/c1-17-12-43-10-6-22-41(3,8-5-9-42(22,4)40(58)65-37-32(56)29(53)25(49)19(13-45)60-37)23(43)7-11-44(17,16-43)66-38-33(57)34(27(51)21(15-47)61-38)63-39-35(30(54)26(50)20(14-46)62-39)64-36-31(55)28(52)24(48)18(2)59-36/h18-39,45-57H,1,5-16H2,2-4H3/t18-,19+,20+,21+,22-,23-,24-,25+,26+,27+,28+,29-,30-,31+,32+,33+,34-,35+,36-,37-,38-,39-,41+,42+,43?,44-/m1/s1. The molecule has 1 spiro atoms. The van der Waals surface area contributed by atoms with Gasteiger partial charge < -0.3 is 104 Å². The van der Waals surface area contributed by atoms with Crippen LogP contribution in [0.5, 0.6) is 0 Å². The molecule has 4 aliphatic carbocycles. The molecular formula is C44H70O22. The summed E-state index contributed by atoms with van der Waals surface area (Å²) in [4.78, 5) is 14.2. The van der Waals surface area contributed by atoms with Gasteiger partial charge in [0.05, 0.1) is 36.9 Å². The van der Waals surface area contributed by atoms with Crippen LogP contribution in [-0.2, 0) is 42.7 Å². The smallest absolute Gasteiger partial charge is 0.314 e. The predicted molar refractivity (Wildman–Crippen MR) is 218 cm³/mol. The molecule has 0 aromatic carbocycles. The lowest BCUT2D eigenvalue weighted by atomic mass is 9.41. The van der Waals surface area contributed by atoms with Crippen molar-refractivity contribution in [3.8, 4) is 0 Å². The number of hydrogen-bond acceptors (Lipinski definition) is 22. The summed E-state index contributed by atoms with van der Waals surface area (Å²) >= 11 is 0. The Hall–Kier alpha value is -1.59. The second-order valence-electron chi connectivity index (χ2n) is 20.8. The Morgan fingerprint density at radius 3 is 1.83 bits per heavy atom. The second kappa shape index (κ2) is 18.9. The van der Waals surface area contributed by atoms with Crippen molar-refractivity contribution in [2.24, 2.45) is 28.1 Å². The van der Waals surface area contributed by atoms with Crippen molar-refractivity contribution in [2.45, 2.75) is 207 Å². The fourth-order valence-corrected chi connectivity index (χ4v) is 13.4. The van der Waals surface area contributed by atoms with E-state index in [-0.39, 0.29) is 22.7 Å². The molecule has 0 amide bonds. The second-order valence-corrected chi connectivity index (χ2v) is 20.8. The van der Waals surface area contributed by atoms with E-state index in [2.05, 4.69) is 13.5 Å². The van der Waals surface area contributed by atoms with Crippen molar-refractivity contribution in [1.29, 1.82) is 0 Å². The molecule has 1 unspecified atom stereocenters. The van der Waals surface area contributed by atoms with Gasteiger partial charge in [0.15, 0.2) is 18.9 Å². The molecule has 4 saturated carbocycles. The Kier molecular flexibility index (Phi) is 14.5. The van der Waals surface area contributed by atoms with E-state index in [1.54, 1.807) is 0 Å². The number of hydrogen-bond donors (Lipinski definition) is 13. The van der Waals surface area contributed by atoms with E-state index in [9.17, 15) is 71.2 Å². The maximum Gasteiger partial charge on any atom is 0.314 e. The zero-order valence-electron chi connectivity index (χ0n) is 37.4. The fourth-order valence-electron chi connectivity index (χ4n) is 13.4. The highest BCUT2D eigenvalue weighted by Gasteiger charge is 2.69. The monoisotopic (exact) mass is 950 g/mol. The van der Waals surface area contributed by atoms with E-state index in [4.69, 9.17) is 37.9 Å². The molecular weight excluding hydrogens is 880 g/mol. The molecule has 2 bridgehead atoms. The predicted octanol–water partition coefficient (Wildman–Crippen LogP) is -4.09. The van der Waals surface area contributed by atoms with Gasteiger partial charge in [-0.3, -0.25) is 4.79 Å². The van der Waals surface area contributed by atoms with Gasteiger partial charge in [-0.1, -0.05) is 19.9 Å². The zero-order valence-corrected chi connectivity index (χ0v) is 37.4. The minimum absolute atomic E-state index is 0.0837. The van der Waals surface area contributed by atoms with E-state index in [1.165, 1.54) is 6.92 Å². The number of ether oxygens (including phenoxy) is 8. The van der Waals surface area contributed by atoms with Crippen LogP contribution in [0.25, 0.3) is 0 Å². The van der Waals surface area contributed by atoms with Gasteiger partial charge in [-0.2, -0.15) is 0 Å². The third-order valence-electron chi connectivity index (χ3n) is 17.0. The molecule has 66 heavy (non-hydrogen) atoms. The maximum atomic E-state index is 14.2. The normalized spacial score (nSPS) is 55.2. The molecule has 0 radical (unpaired) electrons. The molecule has 22 nitrogen and oxygen atoms in total. The van der Waals surface area contributed by atoms with Gasteiger partial charge in [-0.25, -0.2) is 0 Å². The van der Waals surface area contributed by atoms with Crippen molar-refractivity contribution in [1.82, 2.24) is 0 Å². The average molecular weight is 951 g/mol. The van der Waals surface area contributed by atoms with Crippen LogP contribution in [-0.4, -0.2) is 221 Å². The SMILES string of the molecule is C=C1CC23CC[C@@H]4[C@](C)(CCC[C@]4(C)C(=O)O[C@H]4O[C@@H](CO)[C@H](O)[C@@H](O)[C@@H]4O)[C@H]2CC[C@@]1(O[C@H]1O[C@@H](CO)[C@H](O)[C@@H](O[C@H]2O[C@@H](CO)[C@H](O)[C@@H](O)[C@@H]2O[C@H]2O[C@H](C)[C@@H](O)[C@H](O)[C@@H]2O)[C@@H]1O)C3. The van der Waals surface area contributed by atoms with Crippen molar-refractivity contribution < 1.29 is 109 Å². The molecule has 26 atom stereocenters. The Balaban J connectivity index is 0.990. The Bertz CT molecular complexity index is 1740. The molecule has 8 rings (SSSR count). The van der Waals surface area contributed by atoms with Gasteiger partial charge in [-0.05, 0) is 93.5 Å². The van der Waals surface area contributed by atoms with Gasteiger partial charge in [-0.15, -0.1) is 0 Å². The minimum atomic E-state index is -1.88. The number of rotatable bonds is 11. The van der Waals surface area contributed by atoms with Crippen LogP contribution < -0.4 is 0 Å². The summed E-state index contributed by atoms with van der Waals surface area (Å²) in [7, 11) is 0. The Morgan fingerprint density at radius 1 is 0.606 bits per heavy atom. The highest BCUT2D eigenvalue weighted by molar-refractivity contribution is 5.77. The number of carbonyl (C=O) groups excluding carboxylic acids is 1. The van der Waals surface area contributed by atoms with Crippen molar-refractivity contribution in [3.05, 3.63) is 12.2 Å². The number of aliphatic hydroxyl groups excluding tert-OH is 13. The third-order valence-corrected chi connectivity index (χ3v) is 17.0. The van der Waals surface area contributed by atoms with Crippen LogP contribution in [0.2, 0.25) is 0 Å². The Morgan fingerprint density at radius 2 is 1.17 bits per heavy atom. The van der Waals surface area contributed by atoms with Crippen molar-refractivity contribution in [3.63, 3.8) is 0 Å². The average Bonchev–Trinajstić information content (AvgIpc) is 3.48. The van der Waals surface area contributed by atoms with E-state index in [0.29, 0.717) is 51.4 Å². The number of fused-ring (bicyclic) bond motifs is 3. The topological polar surface area (TPSA) is 354 Å². The van der Waals surface area contributed by atoms with E-state index in [0.717, 1.165) is 12.0 Å². The van der Waals surface area contributed by atoms with Gasteiger partial charge in [0, 0.05) is 0 Å². The summed E-state index contributed by atoms with van der Waals surface area (Å²) < 4.78 is 47.4. The summed E-state index contributed by atoms with van der Waals surface area (Å²) in [6.45, 7) is 7.71. The van der Waals surface area contributed by atoms with Gasteiger partial charge >= 0.3 is 5.97 Å². The van der Waals surface area contributed by atoms with Gasteiger partial charge in [0.2, 0.25) is 6.29 Å². The van der Waals surface area contributed by atoms with Crippen LogP contribution in [0.15, 0.2) is 12.2 Å². The largest absolute Gasteiger partial charge is 0.432 e. The molecule has 0 aromatic rings. The summed E-state index contributed by atoms with van der Waals surface area (Å²) in [6, 6.07) is 0. The van der Waals surface area contributed by atoms with Crippen LogP contribution >= 0.6 is 0 Å². The van der Waals surface area contributed by atoms with Crippen LogP contribution in [0.1, 0.15) is 78.6 Å². The molecule has 22 heteroatoms. The molecule has 0 aromatic heterocycles. The molecule has 378 valence electrons. The first-order chi connectivity index (χ1) is 31.1. The van der Waals surface area contributed by atoms with Crippen molar-refractivity contribution >= 4 is 5.97 Å². The van der Waals surface area contributed by atoms with Gasteiger partial charge in [0.25, 0.3) is 0 Å². The maximum absolute atomic E-state index is 14.2. The molecule has 4 saturated heterocycles. The lowest BCUT2D eigenvalue weighted by Gasteiger charge is -2.64. The Labute approximate surface area is 381 Å². The van der Waals surface area contributed by atoms with Crippen LogP contribution in [0, 0.1) is 28.1 Å². The molecule has 13 N–H and O–H groups in total. The van der Waals surface area contributed by atoms with E-state index < -0.39 is 160 Å². The lowest BCUT2D eigenvalue weighted by Crippen LogP contribution is -2.67. The van der Waals surface area contributed by atoms with E-state index >= 15 is 0 Å². The molecule has 4 heterocycles.